The van der Waals surface area contributed by atoms with Gasteiger partial charge in [-0.3, -0.25) is 0 Å². The topological polar surface area (TPSA) is 42.4 Å². The maximum Gasteiger partial charge on any atom is 0.135 e. The van der Waals surface area contributed by atoms with Crippen LogP contribution in [0.4, 0.5) is 0 Å². The fraction of sp³-hybridized carbons (Fsp3) is 0.0714. The van der Waals surface area contributed by atoms with Gasteiger partial charge in [0.1, 0.15) is 16.5 Å². The first-order chi connectivity index (χ1) is 9.26. The second-order valence-corrected chi connectivity index (χ2v) is 5.90. The molecule has 96 valence electrons. The summed E-state index contributed by atoms with van der Waals surface area (Å²) in [6.07, 6.45) is 1.70. The fourth-order valence-corrected chi connectivity index (χ4v) is 3.30. The molecule has 5 heteroatoms. The number of thiazole rings is 1. The van der Waals surface area contributed by atoms with Gasteiger partial charge in [-0.25, -0.2) is 4.98 Å². The normalized spacial score (nSPS) is 11.9. The van der Waals surface area contributed by atoms with Crippen molar-refractivity contribution in [1.29, 1.82) is 0 Å². The molecular formula is C14H11NO2S2. The molecule has 3 rings (SSSR count). The number of nitrogens with zero attached hydrogens (tertiary/aromatic N) is 1. The highest BCUT2D eigenvalue weighted by Gasteiger charge is 2.06. The molecule has 0 amide bonds. The Morgan fingerprint density at radius 3 is 3.00 bits per heavy atom. The first kappa shape index (κ1) is 12.2. The molecule has 3 aromatic rings. The molecule has 0 fully saturated rings. The minimum atomic E-state index is 0.251. The Kier molecular flexibility index (Phi) is 3.23. The van der Waals surface area contributed by atoms with Crippen molar-refractivity contribution in [2.24, 2.45) is 0 Å². The van der Waals surface area contributed by atoms with E-state index in [1.54, 1.807) is 13.2 Å². The molecule has 0 bridgehead atoms. The molecule has 0 aliphatic rings. The number of aliphatic hydroxyl groups excluding tert-OH is 1. The second-order valence-electron chi connectivity index (χ2n) is 3.89. The molecule has 19 heavy (non-hydrogen) atoms. The third-order valence-corrected chi connectivity index (χ3v) is 4.50. The molecule has 0 radical (unpaired) electrons. The van der Waals surface area contributed by atoms with Gasteiger partial charge in [0, 0.05) is 6.08 Å². The van der Waals surface area contributed by atoms with Crippen molar-refractivity contribution in [3.63, 3.8) is 0 Å². The minimum Gasteiger partial charge on any atom is -0.506 e. The Morgan fingerprint density at radius 2 is 2.26 bits per heavy atom. The number of fused-ring (bicyclic) bond motifs is 1. The van der Waals surface area contributed by atoms with Crippen LogP contribution in [0.2, 0.25) is 0 Å². The summed E-state index contributed by atoms with van der Waals surface area (Å²) >= 11 is 3.03. The van der Waals surface area contributed by atoms with Gasteiger partial charge in [0.15, 0.2) is 0 Å². The quantitative estimate of drug-likeness (QED) is 0.726. The minimum absolute atomic E-state index is 0.251. The van der Waals surface area contributed by atoms with Crippen molar-refractivity contribution in [2.75, 3.05) is 7.11 Å². The summed E-state index contributed by atoms with van der Waals surface area (Å²) in [6, 6.07) is 9.55. The fourth-order valence-electron chi connectivity index (χ4n) is 1.72. The SMILES string of the molecule is COc1ccc2nc(/C=C(\O)c3cccs3)sc2c1. The first-order valence-corrected chi connectivity index (χ1v) is 7.35. The molecule has 0 aliphatic carbocycles. The van der Waals surface area contributed by atoms with E-state index in [0.29, 0.717) is 0 Å². The summed E-state index contributed by atoms with van der Waals surface area (Å²) < 4.78 is 6.23. The second kappa shape index (κ2) is 5.03. The van der Waals surface area contributed by atoms with E-state index in [4.69, 9.17) is 4.74 Å². The Balaban J connectivity index is 1.99. The zero-order valence-corrected chi connectivity index (χ0v) is 11.8. The molecule has 1 aromatic carbocycles. The maximum absolute atomic E-state index is 10.0. The van der Waals surface area contributed by atoms with E-state index < -0.39 is 0 Å². The van der Waals surface area contributed by atoms with Crippen LogP contribution in [0.25, 0.3) is 22.1 Å². The van der Waals surface area contributed by atoms with Crippen LogP contribution in [0.15, 0.2) is 35.7 Å². The van der Waals surface area contributed by atoms with Crippen LogP contribution >= 0.6 is 22.7 Å². The number of benzene rings is 1. The Labute approximate surface area is 118 Å². The largest absolute Gasteiger partial charge is 0.506 e. The summed E-state index contributed by atoms with van der Waals surface area (Å²) in [5, 5.41) is 12.7. The molecule has 0 aliphatic heterocycles. The number of hydrogen-bond donors (Lipinski definition) is 1. The summed E-state index contributed by atoms with van der Waals surface area (Å²) in [6.45, 7) is 0. The zero-order valence-electron chi connectivity index (χ0n) is 10.2. The number of ether oxygens (including phenoxy) is 1. The monoisotopic (exact) mass is 289 g/mol. The van der Waals surface area contributed by atoms with Crippen LogP contribution < -0.4 is 4.74 Å². The summed E-state index contributed by atoms with van der Waals surface area (Å²) in [5.41, 5.74) is 0.913. The van der Waals surface area contributed by atoms with Gasteiger partial charge >= 0.3 is 0 Å². The van der Waals surface area contributed by atoms with Gasteiger partial charge in [-0.15, -0.1) is 22.7 Å². The van der Waals surface area contributed by atoms with Crippen LogP contribution in [0.5, 0.6) is 5.75 Å². The molecule has 0 saturated heterocycles. The van der Waals surface area contributed by atoms with E-state index in [1.165, 1.54) is 22.7 Å². The number of aliphatic hydroxyl groups is 1. The van der Waals surface area contributed by atoms with E-state index >= 15 is 0 Å². The number of methoxy groups -OCH3 is 1. The van der Waals surface area contributed by atoms with Crippen LogP contribution in [-0.2, 0) is 0 Å². The molecular weight excluding hydrogens is 278 g/mol. The Morgan fingerprint density at radius 1 is 1.37 bits per heavy atom. The lowest BCUT2D eigenvalue weighted by atomic mass is 10.3. The van der Waals surface area contributed by atoms with E-state index in [-0.39, 0.29) is 5.76 Å². The predicted molar refractivity (Wildman–Crippen MR) is 81.0 cm³/mol. The van der Waals surface area contributed by atoms with E-state index in [0.717, 1.165) is 25.9 Å². The molecule has 3 nitrogen and oxygen atoms in total. The van der Waals surface area contributed by atoms with Crippen LogP contribution in [-0.4, -0.2) is 17.2 Å². The number of aromatic nitrogens is 1. The molecule has 1 N–H and O–H groups in total. The summed E-state index contributed by atoms with van der Waals surface area (Å²) in [7, 11) is 1.64. The van der Waals surface area contributed by atoms with Crippen molar-refractivity contribution in [2.45, 2.75) is 0 Å². The number of rotatable bonds is 3. The average molecular weight is 289 g/mol. The summed E-state index contributed by atoms with van der Waals surface area (Å²) in [5.74, 6) is 1.06. The van der Waals surface area contributed by atoms with Gasteiger partial charge in [-0.05, 0) is 29.6 Å². The van der Waals surface area contributed by atoms with Crippen molar-refractivity contribution in [3.05, 3.63) is 45.6 Å². The van der Waals surface area contributed by atoms with Crippen molar-refractivity contribution in [1.82, 2.24) is 4.98 Å². The standard InChI is InChI=1S/C14H11NO2S2/c1-17-9-4-5-10-13(7-9)19-14(15-10)8-11(16)12-3-2-6-18-12/h2-8,16H,1H3/b11-8-. The molecule has 0 atom stereocenters. The number of hydrogen-bond acceptors (Lipinski definition) is 5. The smallest absolute Gasteiger partial charge is 0.135 e. The highest BCUT2D eigenvalue weighted by Crippen LogP contribution is 2.29. The van der Waals surface area contributed by atoms with E-state index in [1.807, 2.05) is 35.7 Å². The molecule has 2 heterocycles. The summed E-state index contributed by atoms with van der Waals surface area (Å²) in [4.78, 5) is 5.31. The van der Waals surface area contributed by atoms with Crippen molar-refractivity contribution < 1.29 is 9.84 Å². The highest BCUT2D eigenvalue weighted by atomic mass is 32.1. The lowest BCUT2D eigenvalue weighted by Crippen LogP contribution is -1.80. The van der Waals surface area contributed by atoms with E-state index in [2.05, 4.69) is 4.98 Å². The van der Waals surface area contributed by atoms with Crippen LogP contribution in [0, 0.1) is 0 Å². The van der Waals surface area contributed by atoms with Gasteiger partial charge in [-0.2, -0.15) is 0 Å². The average Bonchev–Trinajstić information content (AvgIpc) is 3.06. The van der Waals surface area contributed by atoms with Crippen molar-refractivity contribution >= 4 is 44.7 Å². The molecule has 0 unspecified atom stereocenters. The molecule has 0 saturated carbocycles. The van der Waals surface area contributed by atoms with Gasteiger partial charge in [0.2, 0.25) is 0 Å². The zero-order chi connectivity index (χ0) is 13.2. The van der Waals surface area contributed by atoms with Gasteiger partial charge < -0.3 is 9.84 Å². The third kappa shape index (κ3) is 2.47. The van der Waals surface area contributed by atoms with E-state index in [9.17, 15) is 5.11 Å². The van der Waals surface area contributed by atoms with Crippen LogP contribution in [0.3, 0.4) is 0 Å². The lowest BCUT2D eigenvalue weighted by Gasteiger charge is -1.96. The number of thiophene rings is 1. The van der Waals surface area contributed by atoms with Gasteiger partial charge in [0.25, 0.3) is 0 Å². The predicted octanol–water partition coefficient (Wildman–Crippen LogP) is 4.42. The van der Waals surface area contributed by atoms with Crippen LogP contribution in [0.1, 0.15) is 9.88 Å². The highest BCUT2D eigenvalue weighted by molar-refractivity contribution is 7.19. The molecule has 0 spiro atoms. The Hall–Kier alpha value is -1.85. The first-order valence-electron chi connectivity index (χ1n) is 5.65. The maximum atomic E-state index is 10.0. The Bertz CT molecular complexity index is 729. The van der Waals surface area contributed by atoms with Crippen molar-refractivity contribution in [3.8, 4) is 5.75 Å². The lowest BCUT2D eigenvalue weighted by molar-refractivity contribution is 0.415. The third-order valence-electron chi connectivity index (χ3n) is 2.65. The van der Waals surface area contributed by atoms with Gasteiger partial charge in [0.05, 0.1) is 22.2 Å². The van der Waals surface area contributed by atoms with Gasteiger partial charge in [-0.1, -0.05) is 6.07 Å². The molecule has 2 aromatic heterocycles.